The molecular formula is C13H14N2O4. The third kappa shape index (κ3) is 2.34. The van der Waals surface area contributed by atoms with Crippen LogP contribution in [0.25, 0.3) is 0 Å². The summed E-state index contributed by atoms with van der Waals surface area (Å²) in [5.74, 6) is -1.26. The van der Waals surface area contributed by atoms with Gasteiger partial charge in [-0.25, -0.2) is 0 Å². The second-order valence-electron chi connectivity index (χ2n) is 4.23. The first kappa shape index (κ1) is 13.2. The molecule has 0 radical (unpaired) electrons. The van der Waals surface area contributed by atoms with Crippen LogP contribution >= 0.6 is 0 Å². The van der Waals surface area contributed by atoms with E-state index in [1.54, 1.807) is 24.3 Å². The van der Waals surface area contributed by atoms with Gasteiger partial charge in [0.1, 0.15) is 6.04 Å². The lowest BCUT2D eigenvalue weighted by atomic mass is 10.1. The summed E-state index contributed by atoms with van der Waals surface area (Å²) in [7, 11) is 1.24. The van der Waals surface area contributed by atoms with Gasteiger partial charge in [0.25, 0.3) is 11.8 Å². The molecule has 0 bridgehead atoms. The van der Waals surface area contributed by atoms with E-state index in [0.29, 0.717) is 11.1 Å². The Balaban J connectivity index is 2.07. The molecule has 1 aliphatic rings. The molecule has 0 aromatic heterocycles. The monoisotopic (exact) mass is 262 g/mol. The van der Waals surface area contributed by atoms with Gasteiger partial charge in [0.05, 0.1) is 18.2 Å². The molecule has 100 valence electrons. The predicted octanol–water partition coefficient (Wildman–Crippen LogP) is 0.173. The number of nitrogens with zero attached hydrogens (tertiary/aromatic N) is 1. The Morgan fingerprint density at radius 2 is 1.79 bits per heavy atom. The van der Waals surface area contributed by atoms with Crippen molar-refractivity contribution in [2.24, 2.45) is 5.73 Å². The van der Waals surface area contributed by atoms with Gasteiger partial charge in [-0.1, -0.05) is 12.1 Å². The Bertz CT molecular complexity index is 506. The van der Waals surface area contributed by atoms with Crippen molar-refractivity contribution < 1.29 is 19.1 Å². The standard InChI is InChI=1S/C13H14N2O4/c1-19-13(18)10(14)6-7-15-11(16)8-4-2-3-5-9(8)12(15)17/h2-5,10H,6-7,14H2,1H3/t10-/m0/s1. The average molecular weight is 262 g/mol. The van der Waals surface area contributed by atoms with Gasteiger partial charge in [-0.3, -0.25) is 19.3 Å². The Kier molecular flexibility index (Phi) is 3.62. The number of carbonyl (C=O) groups is 3. The number of esters is 1. The number of imide groups is 1. The lowest BCUT2D eigenvalue weighted by molar-refractivity contribution is -0.142. The van der Waals surface area contributed by atoms with Crippen LogP contribution in [-0.4, -0.2) is 42.4 Å². The van der Waals surface area contributed by atoms with Crippen LogP contribution in [0.3, 0.4) is 0 Å². The quantitative estimate of drug-likeness (QED) is 0.617. The fraction of sp³-hybridized carbons (Fsp3) is 0.308. The maximum Gasteiger partial charge on any atom is 0.322 e. The number of ether oxygens (including phenoxy) is 1. The molecular weight excluding hydrogens is 248 g/mol. The molecule has 1 aliphatic heterocycles. The molecule has 1 aromatic carbocycles. The number of methoxy groups -OCH3 is 1. The number of carbonyl (C=O) groups excluding carboxylic acids is 3. The SMILES string of the molecule is COC(=O)[C@@H](N)CCN1C(=O)c2ccccc2C1=O. The molecule has 0 saturated carbocycles. The number of nitrogens with two attached hydrogens (primary N) is 1. The average Bonchev–Trinajstić information content (AvgIpc) is 2.68. The molecule has 0 fully saturated rings. The molecule has 1 aromatic rings. The van der Waals surface area contributed by atoms with Crippen LogP contribution in [0.1, 0.15) is 27.1 Å². The fourth-order valence-electron chi connectivity index (χ4n) is 1.98. The number of amides is 2. The smallest absolute Gasteiger partial charge is 0.322 e. The molecule has 2 rings (SSSR count). The molecule has 0 unspecified atom stereocenters. The largest absolute Gasteiger partial charge is 0.468 e. The van der Waals surface area contributed by atoms with E-state index in [2.05, 4.69) is 4.74 Å². The fourth-order valence-corrected chi connectivity index (χ4v) is 1.98. The molecule has 2 N–H and O–H groups in total. The van der Waals surface area contributed by atoms with Crippen molar-refractivity contribution in [3.05, 3.63) is 35.4 Å². The van der Waals surface area contributed by atoms with Gasteiger partial charge < -0.3 is 10.5 Å². The minimum absolute atomic E-state index is 0.0998. The van der Waals surface area contributed by atoms with E-state index in [9.17, 15) is 14.4 Å². The summed E-state index contributed by atoms with van der Waals surface area (Å²) in [6.45, 7) is 0.0998. The van der Waals surface area contributed by atoms with E-state index in [0.717, 1.165) is 4.90 Å². The van der Waals surface area contributed by atoms with Crippen molar-refractivity contribution in [1.29, 1.82) is 0 Å². The van der Waals surface area contributed by atoms with Crippen molar-refractivity contribution in [3.8, 4) is 0 Å². The topological polar surface area (TPSA) is 89.7 Å². The first-order valence-electron chi connectivity index (χ1n) is 5.85. The molecule has 0 saturated heterocycles. The minimum Gasteiger partial charge on any atom is -0.468 e. The van der Waals surface area contributed by atoms with Gasteiger partial charge >= 0.3 is 5.97 Å². The summed E-state index contributed by atoms with van der Waals surface area (Å²) < 4.78 is 4.49. The zero-order chi connectivity index (χ0) is 14.0. The third-order valence-electron chi connectivity index (χ3n) is 3.05. The Morgan fingerprint density at radius 1 is 1.26 bits per heavy atom. The van der Waals surface area contributed by atoms with Gasteiger partial charge in [0, 0.05) is 6.54 Å². The molecule has 6 nitrogen and oxygen atoms in total. The first-order chi connectivity index (χ1) is 9.06. The molecule has 0 spiro atoms. The van der Waals surface area contributed by atoms with Gasteiger partial charge in [-0.05, 0) is 18.6 Å². The van der Waals surface area contributed by atoms with Gasteiger partial charge in [-0.2, -0.15) is 0 Å². The zero-order valence-corrected chi connectivity index (χ0v) is 10.5. The van der Waals surface area contributed by atoms with E-state index in [1.165, 1.54) is 7.11 Å². The molecule has 6 heteroatoms. The van der Waals surface area contributed by atoms with Crippen molar-refractivity contribution in [2.45, 2.75) is 12.5 Å². The van der Waals surface area contributed by atoms with E-state index in [-0.39, 0.29) is 24.8 Å². The first-order valence-corrected chi connectivity index (χ1v) is 5.85. The molecule has 1 heterocycles. The summed E-state index contributed by atoms with van der Waals surface area (Å²) >= 11 is 0. The van der Waals surface area contributed by atoms with Gasteiger partial charge in [-0.15, -0.1) is 0 Å². The summed E-state index contributed by atoms with van der Waals surface area (Å²) in [6, 6.07) is 5.78. The van der Waals surface area contributed by atoms with Crippen molar-refractivity contribution >= 4 is 17.8 Å². The highest BCUT2D eigenvalue weighted by atomic mass is 16.5. The normalized spacial score (nSPS) is 15.4. The zero-order valence-electron chi connectivity index (χ0n) is 10.5. The summed E-state index contributed by atoms with van der Waals surface area (Å²) in [5, 5.41) is 0. The van der Waals surface area contributed by atoms with E-state index < -0.39 is 12.0 Å². The Labute approximate surface area is 110 Å². The summed E-state index contributed by atoms with van der Waals surface area (Å²) in [5.41, 5.74) is 6.35. The van der Waals surface area contributed by atoms with Crippen LogP contribution in [0.5, 0.6) is 0 Å². The summed E-state index contributed by atoms with van der Waals surface area (Å²) in [4.78, 5) is 36.3. The van der Waals surface area contributed by atoms with Crippen LogP contribution in [0, 0.1) is 0 Å². The van der Waals surface area contributed by atoms with E-state index in [4.69, 9.17) is 5.73 Å². The number of hydrogen-bond donors (Lipinski definition) is 1. The lowest BCUT2D eigenvalue weighted by Crippen LogP contribution is -2.38. The molecule has 1 atom stereocenters. The van der Waals surface area contributed by atoms with E-state index >= 15 is 0 Å². The van der Waals surface area contributed by atoms with Crippen LogP contribution < -0.4 is 5.73 Å². The molecule has 19 heavy (non-hydrogen) atoms. The number of rotatable bonds is 4. The second kappa shape index (κ2) is 5.19. The second-order valence-corrected chi connectivity index (χ2v) is 4.23. The molecule has 0 aliphatic carbocycles. The highest BCUT2D eigenvalue weighted by molar-refractivity contribution is 6.21. The van der Waals surface area contributed by atoms with Crippen LogP contribution in [0.2, 0.25) is 0 Å². The van der Waals surface area contributed by atoms with Crippen molar-refractivity contribution in [2.75, 3.05) is 13.7 Å². The number of fused-ring (bicyclic) bond motifs is 1. The van der Waals surface area contributed by atoms with Crippen LogP contribution in [-0.2, 0) is 9.53 Å². The number of hydrogen-bond acceptors (Lipinski definition) is 5. The maximum atomic E-state index is 12.0. The van der Waals surface area contributed by atoms with Gasteiger partial charge in [0.2, 0.25) is 0 Å². The predicted molar refractivity (Wildman–Crippen MR) is 66.4 cm³/mol. The van der Waals surface area contributed by atoms with Gasteiger partial charge in [0.15, 0.2) is 0 Å². The minimum atomic E-state index is -0.839. The highest BCUT2D eigenvalue weighted by Crippen LogP contribution is 2.22. The van der Waals surface area contributed by atoms with E-state index in [1.807, 2.05) is 0 Å². The third-order valence-corrected chi connectivity index (χ3v) is 3.05. The van der Waals surface area contributed by atoms with Crippen LogP contribution in [0.4, 0.5) is 0 Å². The Hall–Kier alpha value is -2.21. The van der Waals surface area contributed by atoms with Crippen LogP contribution in [0.15, 0.2) is 24.3 Å². The molecule has 2 amide bonds. The van der Waals surface area contributed by atoms with Crippen molar-refractivity contribution in [3.63, 3.8) is 0 Å². The lowest BCUT2D eigenvalue weighted by Gasteiger charge is -2.15. The number of benzene rings is 1. The summed E-state index contributed by atoms with van der Waals surface area (Å²) in [6.07, 6.45) is 0.179. The maximum absolute atomic E-state index is 12.0. The Morgan fingerprint density at radius 3 is 2.26 bits per heavy atom. The van der Waals surface area contributed by atoms with Crippen molar-refractivity contribution in [1.82, 2.24) is 4.90 Å². The highest BCUT2D eigenvalue weighted by Gasteiger charge is 2.35.